The summed E-state index contributed by atoms with van der Waals surface area (Å²) in [6, 6.07) is 15.4. The predicted octanol–water partition coefficient (Wildman–Crippen LogP) is 4.49. The van der Waals surface area contributed by atoms with Crippen LogP contribution in [0, 0.1) is 6.92 Å². The molecule has 2 aromatic rings. The van der Waals surface area contributed by atoms with Crippen molar-refractivity contribution in [3.05, 3.63) is 70.8 Å². The fourth-order valence-corrected chi connectivity index (χ4v) is 2.49. The summed E-state index contributed by atoms with van der Waals surface area (Å²) in [5, 5.41) is 7.99. The van der Waals surface area contributed by atoms with Crippen LogP contribution in [0.15, 0.2) is 58.8 Å². The maximum absolute atomic E-state index is 12.1. The number of oxime groups is 2. The highest BCUT2D eigenvalue weighted by Crippen LogP contribution is 2.18. The SMILES string of the molecule is CC.CO/N=C(\C(=O)OC)c1c(C)cccc1CO/N=C(/C)c1ccccc1. The molecule has 0 saturated heterocycles. The van der Waals surface area contributed by atoms with Gasteiger partial charge in [-0.3, -0.25) is 0 Å². The van der Waals surface area contributed by atoms with E-state index in [1.807, 2.05) is 76.2 Å². The van der Waals surface area contributed by atoms with E-state index in [0.717, 1.165) is 22.4 Å². The van der Waals surface area contributed by atoms with E-state index >= 15 is 0 Å². The van der Waals surface area contributed by atoms with Crippen molar-refractivity contribution >= 4 is 17.4 Å². The van der Waals surface area contributed by atoms with Crippen molar-refractivity contribution in [1.29, 1.82) is 0 Å². The van der Waals surface area contributed by atoms with Crippen LogP contribution < -0.4 is 0 Å². The van der Waals surface area contributed by atoms with Gasteiger partial charge in [-0.2, -0.15) is 0 Å². The summed E-state index contributed by atoms with van der Waals surface area (Å²) >= 11 is 0. The Labute approximate surface area is 166 Å². The summed E-state index contributed by atoms with van der Waals surface area (Å²) in [6.45, 7) is 7.94. The third kappa shape index (κ3) is 6.23. The van der Waals surface area contributed by atoms with Crippen molar-refractivity contribution in [3.63, 3.8) is 0 Å². The van der Waals surface area contributed by atoms with Crippen LogP contribution in [0.2, 0.25) is 0 Å². The lowest BCUT2D eigenvalue weighted by atomic mass is 9.98. The first kappa shape index (κ1) is 22.9. The van der Waals surface area contributed by atoms with Gasteiger partial charge in [-0.25, -0.2) is 4.79 Å². The fraction of sp³-hybridized carbons (Fsp3) is 0.318. The number of carbonyl (C=O) groups is 1. The van der Waals surface area contributed by atoms with Crippen LogP contribution in [-0.4, -0.2) is 31.6 Å². The number of rotatable bonds is 7. The molecule has 0 bridgehead atoms. The van der Waals surface area contributed by atoms with Gasteiger partial charge in [0.25, 0.3) is 0 Å². The molecule has 0 amide bonds. The quantitative estimate of drug-likeness (QED) is 0.401. The number of benzene rings is 2. The molecule has 0 spiro atoms. The number of esters is 1. The maximum atomic E-state index is 12.1. The minimum absolute atomic E-state index is 0.0930. The van der Waals surface area contributed by atoms with Gasteiger partial charge in [0.15, 0.2) is 5.71 Å². The lowest BCUT2D eigenvalue weighted by Crippen LogP contribution is -2.20. The average Bonchev–Trinajstić information content (AvgIpc) is 2.74. The molecule has 6 nitrogen and oxygen atoms in total. The Morgan fingerprint density at radius 3 is 2.25 bits per heavy atom. The van der Waals surface area contributed by atoms with Gasteiger partial charge in [0.1, 0.15) is 13.7 Å². The van der Waals surface area contributed by atoms with Crippen molar-refractivity contribution in [2.45, 2.75) is 34.3 Å². The van der Waals surface area contributed by atoms with Gasteiger partial charge in [0.05, 0.1) is 12.8 Å². The number of aryl methyl sites for hydroxylation is 1. The summed E-state index contributed by atoms with van der Waals surface area (Å²) in [5.74, 6) is -0.577. The Morgan fingerprint density at radius 1 is 0.964 bits per heavy atom. The van der Waals surface area contributed by atoms with Crippen LogP contribution in [0.4, 0.5) is 0 Å². The van der Waals surface area contributed by atoms with Crippen molar-refractivity contribution in [2.24, 2.45) is 10.3 Å². The molecule has 0 fully saturated rings. The molecule has 2 rings (SSSR count). The largest absolute Gasteiger partial charge is 0.464 e. The molecule has 0 heterocycles. The van der Waals surface area contributed by atoms with E-state index < -0.39 is 5.97 Å². The topological polar surface area (TPSA) is 69.5 Å². The van der Waals surface area contributed by atoms with Crippen LogP contribution in [0.25, 0.3) is 0 Å². The molecule has 0 aromatic heterocycles. The van der Waals surface area contributed by atoms with E-state index in [1.165, 1.54) is 14.2 Å². The molecule has 150 valence electrons. The number of hydrogen-bond donors (Lipinski definition) is 0. The Balaban J connectivity index is 0.00000190. The van der Waals surface area contributed by atoms with Crippen LogP contribution >= 0.6 is 0 Å². The van der Waals surface area contributed by atoms with Crippen molar-refractivity contribution in [2.75, 3.05) is 14.2 Å². The molecule has 0 aliphatic carbocycles. The molecule has 0 radical (unpaired) electrons. The molecule has 2 aromatic carbocycles. The van der Waals surface area contributed by atoms with Gasteiger partial charge < -0.3 is 14.4 Å². The first-order chi connectivity index (χ1) is 13.6. The van der Waals surface area contributed by atoms with E-state index in [4.69, 9.17) is 14.4 Å². The van der Waals surface area contributed by atoms with E-state index in [1.54, 1.807) is 0 Å². The van der Waals surface area contributed by atoms with E-state index in [-0.39, 0.29) is 12.3 Å². The van der Waals surface area contributed by atoms with Crippen LogP contribution in [-0.2, 0) is 25.8 Å². The molecular weight excluding hydrogens is 356 g/mol. The molecule has 0 aliphatic rings. The van der Waals surface area contributed by atoms with Crippen molar-refractivity contribution in [3.8, 4) is 0 Å². The van der Waals surface area contributed by atoms with Crippen LogP contribution in [0.5, 0.6) is 0 Å². The van der Waals surface area contributed by atoms with Gasteiger partial charge in [-0.1, -0.05) is 72.7 Å². The second-order valence-corrected chi connectivity index (χ2v) is 5.54. The first-order valence-corrected chi connectivity index (χ1v) is 9.08. The Morgan fingerprint density at radius 2 is 1.64 bits per heavy atom. The molecule has 0 saturated carbocycles. The lowest BCUT2D eigenvalue weighted by Gasteiger charge is -2.12. The normalized spacial score (nSPS) is 11.2. The summed E-state index contributed by atoms with van der Waals surface area (Å²) in [7, 11) is 2.68. The van der Waals surface area contributed by atoms with Crippen molar-refractivity contribution in [1.82, 2.24) is 0 Å². The fourth-order valence-electron chi connectivity index (χ4n) is 2.49. The summed E-state index contributed by atoms with van der Waals surface area (Å²) < 4.78 is 4.81. The number of nitrogens with zero attached hydrogens (tertiary/aromatic N) is 2. The number of hydrogen-bond acceptors (Lipinski definition) is 6. The summed E-state index contributed by atoms with van der Waals surface area (Å²) in [6.07, 6.45) is 0. The zero-order valence-corrected chi connectivity index (χ0v) is 17.4. The smallest absolute Gasteiger partial charge is 0.360 e. The third-order valence-corrected chi connectivity index (χ3v) is 3.77. The second-order valence-electron chi connectivity index (χ2n) is 5.54. The average molecular weight is 384 g/mol. The lowest BCUT2D eigenvalue weighted by molar-refractivity contribution is -0.132. The van der Waals surface area contributed by atoms with Gasteiger partial charge in [0.2, 0.25) is 0 Å². The highest BCUT2D eigenvalue weighted by Gasteiger charge is 2.21. The minimum Gasteiger partial charge on any atom is -0.464 e. The Hall–Kier alpha value is -3.15. The van der Waals surface area contributed by atoms with E-state index in [2.05, 4.69) is 10.3 Å². The monoisotopic (exact) mass is 384 g/mol. The summed E-state index contributed by atoms with van der Waals surface area (Å²) in [4.78, 5) is 22.4. The van der Waals surface area contributed by atoms with Gasteiger partial charge in [-0.05, 0) is 25.0 Å². The van der Waals surface area contributed by atoms with E-state index in [9.17, 15) is 4.79 Å². The zero-order chi connectivity index (χ0) is 20.9. The van der Waals surface area contributed by atoms with Gasteiger partial charge >= 0.3 is 5.97 Å². The minimum atomic E-state index is -0.577. The Kier molecular flexibility index (Phi) is 10.0. The van der Waals surface area contributed by atoms with Crippen molar-refractivity contribution < 1.29 is 19.2 Å². The molecule has 0 unspecified atom stereocenters. The van der Waals surface area contributed by atoms with E-state index in [0.29, 0.717) is 5.56 Å². The number of methoxy groups -OCH3 is 1. The molecule has 28 heavy (non-hydrogen) atoms. The first-order valence-electron chi connectivity index (χ1n) is 9.08. The number of carbonyl (C=O) groups excluding carboxylic acids is 1. The zero-order valence-electron chi connectivity index (χ0n) is 17.4. The summed E-state index contributed by atoms with van der Waals surface area (Å²) in [5.41, 5.74) is 4.07. The second kappa shape index (κ2) is 12.3. The van der Waals surface area contributed by atoms with Gasteiger partial charge in [-0.15, -0.1) is 0 Å². The maximum Gasteiger partial charge on any atom is 0.360 e. The van der Waals surface area contributed by atoms with Crippen LogP contribution in [0.1, 0.15) is 43.0 Å². The molecule has 0 N–H and O–H groups in total. The predicted molar refractivity (Wildman–Crippen MR) is 112 cm³/mol. The molecule has 0 aliphatic heterocycles. The number of ether oxygens (including phenoxy) is 1. The highest BCUT2D eigenvalue weighted by atomic mass is 16.6. The Bertz CT molecular complexity index is 815. The standard InChI is InChI=1S/C20H22N2O4.C2H6/c1-14-9-8-12-17(18(14)19(22-25-4)20(23)24-3)13-26-21-15(2)16-10-6-5-7-11-16;1-2/h5-12H,13H2,1-4H3;1-2H3/b21-15-,22-19-;. The molecule has 0 atom stereocenters. The molecule has 6 heteroatoms. The van der Waals surface area contributed by atoms with Gasteiger partial charge in [0, 0.05) is 11.1 Å². The third-order valence-electron chi connectivity index (χ3n) is 3.77. The van der Waals surface area contributed by atoms with Crippen LogP contribution in [0.3, 0.4) is 0 Å². The molecular formula is C22H28N2O4. The highest BCUT2D eigenvalue weighted by molar-refractivity contribution is 6.43.